The predicted molar refractivity (Wildman–Crippen MR) is 62.5 cm³/mol. The average Bonchev–Trinajstić information content (AvgIpc) is 2.18. The van der Waals surface area contributed by atoms with Crippen LogP contribution in [0.15, 0.2) is 17.0 Å². The maximum atomic E-state index is 11.1. The number of ether oxygens (including phenoxy) is 1. The highest BCUT2D eigenvalue weighted by atomic mass is 35.5. The number of primary amides is 1. The van der Waals surface area contributed by atoms with Crippen LogP contribution in [0.25, 0.3) is 0 Å². The lowest BCUT2D eigenvalue weighted by atomic mass is 10.3. The summed E-state index contributed by atoms with van der Waals surface area (Å²) < 4.78 is 27.1. The zero-order valence-electron chi connectivity index (χ0n) is 8.31. The van der Waals surface area contributed by atoms with Crippen molar-refractivity contribution >= 4 is 39.1 Å². The first-order chi connectivity index (χ1) is 7.73. The van der Waals surface area contributed by atoms with E-state index in [2.05, 4.69) is 0 Å². The summed E-state index contributed by atoms with van der Waals surface area (Å²) in [5.41, 5.74) is 4.87. The van der Waals surface area contributed by atoms with Crippen LogP contribution in [0.2, 0.25) is 10.0 Å². The van der Waals surface area contributed by atoms with Crippen molar-refractivity contribution in [2.24, 2.45) is 10.9 Å². The molecule has 0 aromatic heterocycles. The van der Waals surface area contributed by atoms with Gasteiger partial charge < -0.3 is 10.5 Å². The number of rotatable bonds is 4. The van der Waals surface area contributed by atoms with Crippen molar-refractivity contribution in [1.29, 1.82) is 0 Å². The molecule has 0 saturated carbocycles. The molecule has 6 nitrogen and oxygen atoms in total. The topological polar surface area (TPSA) is 112 Å². The van der Waals surface area contributed by atoms with Crippen LogP contribution in [0.1, 0.15) is 0 Å². The fourth-order valence-corrected chi connectivity index (χ4v) is 2.36. The molecule has 4 N–H and O–H groups in total. The fourth-order valence-electron chi connectivity index (χ4n) is 0.994. The van der Waals surface area contributed by atoms with E-state index < -0.39 is 22.5 Å². The molecule has 0 atom stereocenters. The van der Waals surface area contributed by atoms with Crippen LogP contribution in [-0.4, -0.2) is 20.9 Å². The minimum absolute atomic E-state index is 0.0443. The van der Waals surface area contributed by atoms with Gasteiger partial charge in [0.1, 0.15) is 15.7 Å². The molecule has 0 unspecified atom stereocenters. The number of primary sulfonamides is 1. The summed E-state index contributed by atoms with van der Waals surface area (Å²) in [6, 6.07) is 2.36. The third-order valence-corrected chi connectivity index (χ3v) is 3.62. The number of hydrogen-bond acceptors (Lipinski definition) is 4. The molecule has 1 rings (SSSR count). The van der Waals surface area contributed by atoms with Crippen molar-refractivity contribution < 1.29 is 17.9 Å². The van der Waals surface area contributed by atoms with Gasteiger partial charge in [-0.3, -0.25) is 4.79 Å². The Kier molecular flexibility index (Phi) is 4.21. The second-order valence-electron chi connectivity index (χ2n) is 2.99. The molecule has 0 spiro atoms. The minimum Gasteiger partial charge on any atom is -0.482 e. The Morgan fingerprint density at radius 1 is 1.29 bits per heavy atom. The highest BCUT2D eigenvalue weighted by Gasteiger charge is 2.18. The monoisotopic (exact) mass is 298 g/mol. The minimum atomic E-state index is -3.97. The van der Waals surface area contributed by atoms with E-state index in [9.17, 15) is 13.2 Å². The molecule has 0 radical (unpaired) electrons. The summed E-state index contributed by atoms with van der Waals surface area (Å²) in [7, 11) is -3.97. The molecule has 0 aliphatic rings. The van der Waals surface area contributed by atoms with Gasteiger partial charge in [0.25, 0.3) is 5.91 Å². The highest BCUT2D eigenvalue weighted by molar-refractivity contribution is 7.89. The third kappa shape index (κ3) is 3.47. The lowest BCUT2D eigenvalue weighted by molar-refractivity contribution is -0.119. The molecular formula is C8H8Cl2N2O4S. The maximum absolute atomic E-state index is 11.1. The van der Waals surface area contributed by atoms with Gasteiger partial charge in [-0.15, -0.1) is 0 Å². The zero-order valence-corrected chi connectivity index (χ0v) is 10.6. The smallest absolute Gasteiger partial charge is 0.255 e. The number of carbonyl (C=O) groups is 1. The summed E-state index contributed by atoms with van der Waals surface area (Å²) in [5, 5.41) is 4.49. The first-order valence-electron chi connectivity index (χ1n) is 4.15. The van der Waals surface area contributed by atoms with E-state index in [1.165, 1.54) is 6.07 Å². The number of hydrogen-bond donors (Lipinski definition) is 2. The van der Waals surface area contributed by atoms with Gasteiger partial charge in [-0.2, -0.15) is 0 Å². The van der Waals surface area contributed by atoms with Crippen molar-refractivity contribution in [2.45, 2.75) is 4.90 Å². The molecule has 1 aromatic rings. The number of nitrogens with two attached hydrogens (primary N) is 2. The van der Waals surface area contributed by atoms with E-state index in [-0.39, 0.29) is 20.7 Å². The summed E-state index contributed by atoms with van der Waals surface area (Å²) in [5.74, 6) is -0.657. The van der Waals surface area contributed by atoms with E-state index in [4.69, 9.17) is 38.8 Å². The van der Waals surface area contributed by atoms with Crippen molar-refractivity contribution in [3.63, 3.8) is 0 Å². The van der Waals surface area contributed by atoms with Gasteiger partial charge in [0, 0.05) is 0 Å². The number of benzene rings is 1. The molecule has 9 heteroatoms. The largest absolute Gasteiger partial charge is 0.482 e. The molecule has 94 valence electrons. The van der Waals surface area contributed by atoms with Gasteiger partial charge in [0.05, 0.1) is 5.02 Å². The van der Waals surface area contributed by atoms with Crippen LogP contribution < -0.4 is 15.6 Å². The van der Waals surface area contributed by atoms with Gasteiger partial charge in [0.15, 0.2) is 6.61 Å². The highest BCUT2D eigenvalue weighted by Crippen LogP contribution is 2.36. The summed E-state index contributed by atoms with van der Waals surface area (Å²) >= 11 is 11.5. The van der Waals surface area contributed by atoms with E-state index in [0.29, 0.717) is 0 Å². The van der Waals surface area contributed by atoms with E-state index >= 15 is 0 Å². The quantitative estimate of drug-likeness (QED) is 0.843. The van der Waals surface area contributed by atoms with E-state index in [1.54, 1.807) is 0 Å². The SMILES string of the molecule is NC(=O)COc1ccc(S(N)(=O)=O)c(Cl)c1Cl. The third-order valence-electron chi connectivity index (χ3n) is 1.69. The van der Waals surface area contributed by atoms with Gasteiger partial charge in [-0.25, -0.2) is 13.6 Å². The Labute approximate surface area is 107 Å². The molecule has 0 bridgehead atoms. The summed E-state index contributed by atoms with van der Waals surface area (Å²) in [6.07, 6.45) is 0. The molecular weight excluding hydrogens is 291 g/mol. The molecule has 0 aliphatic heterocycles. The molecule has 17 heavy (non-hydrogen) atoms. The van der Waals surface area contributed by atoms with Crippen molar-refractivity contribution in [3.8, 4) is 5.75 Å². The normalized spacial score (nSPS) is 11.2. The second kappa shape index (κ2) is 5.09. The number of amides is 1. The van der Waals surface area contributed by atoms with Crippen LogP contribution in [0.3, 0.4) is 0 Å². The Balaban J connectivity index is 3.16. The number of halogens is 2. The van der Waals surface area contributed by atoms with Crippen LogP contribution in [0, 0.1) is 0 Å². The Morgan fingerprint density at radius 2 is 1.88 bits per heavy atom. The lowest BCUT2D eigenvalue weighted by Gasteiger charge is -2.09. The first kappa shape index (κ1) is 14.0. The van der Waals surface area contributed by atoms with Crippen LogP contribution in [0.4, 0.5) is 0 Å². The molecule has 0 heterocycles. The van der Waals surface area contributed by atoms with Crippen molar-refractivity contribution in [3.05, 3.63) is 22.2 Å². The average molecular weight is 299 g/mol. The molecule has 0 saturated heterocycles. The second-order valence-corrected chi connectivity index (χ2v) is 5.28. The van der Waals surface area contributed by atoms with Crippen molar-refractivity contribution in [1.82, 2.24) is 0 Å². The maximum Gasteiger partial charge on any atom is 0.255 e. The Hall–Kier alpha value is -1.02. The van der Waals surface area contributed by atoms with Gasteiger partial charge in [-0.05, 0) is 12.1 Å². The Bertz CT molecular complexity index is 559. The predicted octanol–water partition coefficient (Wildman–Crippen LogP) is 0.505. The molecule has 1 aromatic carbocycles. The zero-order chi connectivity index (χ0) is 13.2. The number of sulfonamides is 1. The van der Waals surface area contributed by atoms with Gasteiger partial charge in [-0.1, -0.05) is 23.2 Å². The fraction of sp³-hybridized carbons (Fsp3) is 0.125. The standard InChI is InChI=1S/C8H8Cl2N2O4S/c9-7-4(16-3-6(11)13)1-2-5(8(7)10)17(12,14)15/h1-2H,3H2,(H2,11,13)(H2,12,14,15). The van der Waals surface area contributed by atoms with Gasteiger partial charge >= 0.3 is 0 Å². The summed E-state index contributed by atoms with van der Waals surface area (Å²) in [4.78, 5) is 10.2. The van der Waals surface area contributed by atoms with Crippen molar-refractivity contribution in [2.75, 3.05) is 6.61 Å². The lowest BCUT2D eigenvalue weighted by Crippen LogP contribution is -2.20. The Morgan fingerprint density at radius 3 is 2.35 bits per heavy atom. The van der Waals surface area contributed by atoms with Crippen LogP contribution in [-0.2, 0) is 14.8 Å². The molecule has 0 aliphatic carbocycles. The molecule has 1 amide bonds. The summed E-state index contributed by atoms with van der Waals surface area (Å²) in [6.45, 7) is -0.398. The molecule has 0 fully saturated rings. The van der Waals surface area contributed by atoms with Crippen LogP contribution in [0.5, 0.6) is 5.75 Å². The van der Waals surface area contributed by atoms with Gasteiger partial charge in [0.2, 0.25) is 10.0 Å². The van der Waals surface area contributed by atoms with E-state index in [0.717, 1.165) is 6.07 Å². The number of carbonyl (C=O) groups excluding carboxylic acids is 1. The van der Waals surface area contributed by atoms with E-state index in [1.807, 2.05) is 0 Å². The first-order valence-corrected chi connectivity index (χ1v) is 6.45. The van der Waals surface area contributed by atoms with Crippen LogP contribution >= 0.6 is 23.2 Å².